The lowest BCUT2D eigenvalue weighted by atomic mass is 9.98. The van der Waals surface area contributed by atoms with E-state index < -0.39 is 5.97 Å². The number of aromatic carboxylic acids is 1. The number of hydrogen-bond donors (Lipinski definition) is 2. The summed E-state index contributed by atoms with van der Waals surface area (Å²) < 4.78 is 3.10. The second kappa shape index (κ2) is 11.4. The predicted molar refractivity (Wildman–Crippen MR) is 142 cm³/mol. The minimum Gasteiger partial charge on any atom is -0.477 e. The minimum atomic E-state index is -1.05. The van der Waals surface area contributed by atoms with Gasteiger partial charge in [0, 0.05) is 12.1 Å². The van der Waals surface area contributed by atoms with Crippen LogP contribution in [-0.2, 0) is 19.5 Å². The summed E-state index contributed by atoms with van der Waals surface area (Å²) in [5, 5.41) is 24.3. The van der Waals surface area contributed by atoms with Crippen molar-refractivity contribution in [1.82, 2.24) is 29.8 Å². The van der Waals surface area contributed by atoms with E-state index in [2.05, 4.69) is 48.3 Å². The quantitative estimate of drug-likeness (QED) is 0.302. The maximum atomic E-state index is 13.5. The van der Waals surface area contributed by atoms with E-state index in [-0.39, 0.29) is 11.4 Å². The summed E-state index contributed by atoms with van der Waals surface area (Å²) in [4.78, 5) is 25.8. The van der Waals surface area contributed by atoms with Gasteiger partial charge in [0.15, 0.2) is 11.5 Å². The van der Waals surface area contributed by atoms with Crippen LogP contribution >= 0.6 is 0 Å². The molecule has 9 heteroatoms. The highest BCUT2D eigenvalue weighted by molar-refractivity contribution is 5.87. The highest BCUT2D eigenvalue weighted by Crippen LogP contribution is 2.30. The second-order valence-electron chi connectivity index (χ2n) is 10.2. The molecule has 2 aromatic carbocycles. The van der Waals surface area contributed by atoms with Crippen LogP contribution in [0.15, 0.2) is 53.3 Å². The fourth-order valence-electron chi connectivity index (χ4n) is 4.50. The molecule has 0 aliphatic heterocycles. The Balaban J connectivity index is 1.69. The molecule has 37 heavy (non-hydrogen) atoms. The zero-order valence-electron chi connectivity index (χ0n) is 21.8. The van der Waals surface area contributed by atoms with Gasteiger partial charge in [-0.25, -0.2) is 14.7 Å². The number of aromatic nitrogens is 6. The monoisotopic (exact) mass is 502 g/mol. The molecule has 4 rings (SSSR count). The van der Waals surface area contributed by atoms with Crippen molar-refractivity contribution in [2.75, 3.05) is 0 Å². The van der Waals surface area contributed by atoms with Gasteiger partial charge in [-0.1, -0.05) is 76.2 Å². The number of nitrogens with zero attached hydrogens (tertiary/aromatic N) is 5. The number of rotatable bonds is 11. The molecule has 0 fully saturated rings. The normalized spacial score (nSPS) is 11.5. The number of aromatic amines is 1. The number of carboxylic acids is 1. The maximum absolute atomic E-state index is 13.5. The maximum Gasteiger partial charge on any atom is 0.354 e. The SMILES string of the molecule is CC(C)CCc1c(C(=O)O)n(CCC(C)C)c(=O)n1Cc1ccc(-c2ccccc2-c2nnn[nH]2)cc1. The highest BCUT2D eigenvalue weighted by atomic mass is 16.4. The molecule has 194 valence electrons. The lowest BCUT2D eigenvalue weighted by Crippen LogP contribution is -2.27. The smallest absolute Gasteiger partial charge is 0.354 e. The van der Waals surface area contributed by atoms with E-state index in [1.165, 1.54) is 4.57 Å². The third kappa shape index (κ3) is 5.87. The average Bonchev–Trinajstić information content (AvgIpc) is 3.49. The van der Waals surface area contributed by atoms with Crippen LogP contribution in [0.25, 0.3) is 22.5 Å². The third-order valence-corrected chi connectivity index (χ3v) is 6.56. The van der Waals surface area contributed by atoms with Crippen molar-refractivity contribution in [2.24, 2.45) is 11.8 Å². The van der Waals surface area contributed by atoms with Crippen LogP contribution in [0.4, 0.5) is 0 Å². The molecule has 0 spiro atoms. The van der Waals surface area contributed by atoms with Crippen LogP contribution < -0.4 is 5.69 Å². The standard InChI is InChI=1S/C28H34N6O3/c1-18(2)9-14-24-25(27(35)36)33(16-15-19(3)4)28(37)34(24)17-20-10-12-21(13-11-20)22-7-5-6-8-23(22)26-29-31-32-30-26/h5-8,10-13,18-19H,9,14-17H2,1-4H3,(H,35,36)(H,29,30,31,32). The Labute approximate surface area is 216 Å². The van der Waals surface area contributed by atoms with Gasteiger partial charge in [-0.2, -0.15) is 0 Å². The van der Waals surface area contributed by atoms with Crippen LogP contribution in [0, 0.1) is 11.8 Å². The minimum absolute atomic E-state index is 0.123. The average molecular weight is 503 g/mol. The molecule has 2 heterocycles. The number of carboxylic acid groups (broad SMARTS) is 1. The van der Waals surface area contributed by atoms with Crippen LogP contribution in [-0.4, -0.2) is 40.8 Å². The predicted octanol–water partition coefficient (Wildman–Crippen LogP) is 4.88. The van der Waals surface area contributed by atoms with Crippen LogP contribution in [0.5, 0.6) is 0 Å². The Morgan fingerprint density at radius 2 is 1.62 bits per heavy atom. The lowest BCUT2D eigenvalue weighted by molar-refractivity contribution is 0.0682. The molecular weight excluding hydrogens is 468 g/mol. The van der Waals surface area contributed by atoms with Crippen molar-refractivity contribution in [3.63, 3.8) is 0 Å². The summed E-state index contributed by atoms with van der Waals surface area (Å²) in [5.41, 5.74) is 4.25. The number of nitrogens with one attached hydrogen (secondary N) is 1. The molecule has 0 atom stereocenters. The van der Waals surface area contributed by atoms with E-state index >= 15 is 0 Å². The van der Waals surface area contributed by atoms with E-state index in [1.807, 2.05) is 48.5 Å². The van der Waals surface area contributed by atoms with Gasteiger partial charge in [0.1, 0.15) is 0 Å². The Kier molecular flexibility index (Phi) is 8.01. The summed E-state index contributed by atoms with van der Waals surface area (Å²) in [7, 11) is 0. The van der Waals surface area contributed by atoms with Crippen molar-refractivity contribution < 1.29 is 9.90 Å². The van der Waals surface area contributed by atoms with Gasteiger partial charge in [0.05, 0.1) is 12.2 Å². The Bertz CT molecular complexity index is 1400. The molecule has 4 aromatic rings. The number of hydrogen-bond acceptors (Lipinski definition) is 5. The number of benzene rings is 2. The van der Waals surface area contributed by atoms with E-state index in [0.29, 0.717) is 42.9 Å². The molecule has 2 N–H and O–H groups in total. The van der Waals surface area contributed by atoms with Crippen LogP contribution in [0.3, 0.4) is 0 Å². The van der Waals surface area contributed by atoms with Crippen LogP contribution in [0.1, 0.15) is 62.3 Å². The first kappa shape index (κ1) is 26.1. The fraction of sp³-hybridized carbons (Fsp3) is 0.393. The zero-order valence-corrected chi connectivity index (χ0v) is 21.8. The summed E-state index contributed by atoms with van der Waals surface area (Å²) >= 11 is 0. The first-order valence-corrected chi connectivity index (χ1v) is 12.7. The lowest BCUT2D eigenvalue weighted by Gasteiger charge is -2.11. The Hall–Kier alpha value is -4.01. The van der Waals surface area contributed by atoms with Gasteiger partial charge in [0.2, 0.25) is 0 Å². The molecule has 0 unspecified atom stereocenters. The second-order valence-corrected chi connectivity index (χ2v) is 10.2. The first-order valence-electron chi connectivity index (χ1n) is 12.7. The van der Waals surface area contributed by atoms with Crippen molar-refractivity contribution in [3.8, 4) is 22.5 Å². The summed E-state index contributed by atoms with van der Waals surface area (Å²) in [6.07, 6.45) is 2.09. The Morgan fingerprint density at radius 1 is 0.946 bits per heavy atom. The van der Waals surface area contributed by atoms with Gasteiger partial charge in [0.25, 0.3) is 0 Å². The Morgan fingerprint density at radius 3 is 2.22 bits per heavy atom. The van der Waals surface area contributed by atoms with E-state index in [1.54, 1.807) is 4.57 Å². The summed E-state index contributed by atoms with van der Waals surface area (Å²) in [6, 6.07) is 15.8. The zero-order chi connectivity index (χ0) is 26.5. The number of tetrazole rings is 1. The molecule has 2 aromatic heterocycles. The molecule has 0 saturated heterocycles. The van der Waals surface area contributed by atoms with E-state index in [0.717, 1.165) is 35.1 Å². The molecular formula is C28H34N6O3. The molecule has 0 amide bonds. The molecule has 0 aliphatic rings. The van der Waals surface area contributed by atoms with E-state index in [4.69, 9.17) is 0 Å². The summed E-state index contributed by atoms with van der Waals surface area (Å²) in [5.74, 6) is 0.291. The van der Waals surface area contributed by atoms with Gasteiger partial charge < -0.3 is 5.11 Å². The largest absolute Gasteiger partial charge is 0.477 e. The molecule has 0 radical (unpaired) electrons. The third-order valence-electron chi connectivity index (χ3n) is 6.56. The van der Waals surface area contributed by atoms with Gasteiger partial charge >= 0.3 is 11.7 Å². The number of H-pyrrole nitrogens is 1. The molecule has 0 bridgehead atoms. The van der Waals surface area contributed by atoms with Crippen molar-refractivity contribution >= 4 is 5.97 Å². The fourth-order valence-corrected chi connectivity index (χ4v) is 4.50. The van der Waals surface area contributed by atoms with Crippen molar-refractivity contribution in [2.45, 2.75) is 60.0 Å². The van der Waals surface area contributed by atoms with Crippen molar-refractivity contribution in [3.05, 3.63) is 76.0 Å². The van der Waals surface area contributed by atoms with Gasteiger partial charge in [-0.15, -0.1) is 5.10 Å². The first-order chi connectivity index (χ1) is 17.8. The number of imidazole rings is 1. The van der Waals surface area contributed by atoms with Crippen molar-refractivity contribution in [1.29, 1.82) is 0 Å². The number of carbonyl (C=O) groups is 1. The molecule has 0 aliphatic carbocycles. The highest BCUT2D eigenvalue weighted by Gasteiger charge is 2.25. The topological polar surface area (TPSA) is 119 Å². The van der Waals surface area contributed by atoms with Gasteiger partial charge in [-0.3, -0.25) is 9.13 Å². The molecule has 0 saturated carbocycles. The van der Waals surface area contributed by atoms with Gasteiger partial charge in [-0.05, 0) is 58.2 Å². The van der Waals surface area contributed by atoms with Crippen LogP contribution in [0.2, 0.25) is 0 Å². The summed E-state index contributed by atoms with van der Waals surface area (Å²) in [6.45, 7) is 9.05. The molecule has 9 nitrogen and oxygen atoms in total. The van der Waals surface area contributed by atoms with E-state index in [9.17, 15) is 14.7 Å².